The Labute approximate surface area is 231 Å². The average molecular weight is 593 g/mol. The lowest BCUT2D eigenvalue weighted by Crippen LogP contribution is -2.53. The molecule has 7 nitrogen and oxygen atoms in total. The second kappa shape index (κ2) is 12.7. The SMILES string of the molecule is CC[C@H](C(=O)NC1CCCC1)N(Cc1c(Cl)cccc1Cl)C(=O)CN(c1ccc(F)c(Cl)c1)S(C)(=O)=O. The molecule has 1 aliphatic rings. The largest absolute Gasteiger partial charge is 0.352 e. The van der Waals surface area contributed by atoms with E-state index < -0.39 is 34.3 Å². The maximum atomic E-state index is 13.7. The molecule has 1 saturated carbocycles. The van der Waals surface area contributed by atoms with Crippen molar-refractivity contribution in [2.24, 2.45) is 0 Å². The van der Waals surface area contributed by atoms with Crippen LogP contribution in [-0.2, 0) is 26.2 Å². The first-order chi connectivity index (χ1) is 17.4. The molecule has 2 aromatic carbocycles. The molecule has 1 atom stereocenters. The molecule has 202 valence electrons. The summed E-state index contributed by atoms with van der Waals surface area (Å²) in [6, 6.07) is 7.39. The van der Waals surface area contributed by atoms with Gasteiger partial charge in [-0.2, -0.15) is 0 Å². The summed E-state index contributed by atoms with van der Waals surface area (Å²) in [7, 11) is -3.98. The molecule has 12 heteroatoms. The lowest BCUT2D eigenvalue weighted by molar-refractivity contribution is -0.140. The number of rotatable bonds is 10. The highest BCUT2D eigenvalue weighted by Gasteiger charge is 2.33. The van der Waals surface area contributed by atoms with Crippen LogP contribution < -0.4 is 9.62 Å². The monoisotopic (exact) mass is 591 g/mol. The summed E-state index contributed by atoms with van der Waals surface area (Å²) in [5.41, 5.74) is 0.448. The number of hydrogen-bond donors (Lipinski definition) is 1. The summed E-state index contributed by atoms with van der Waals surface area (Å²) in [6.07, 6.45) is 4.95. The fourth-order valence-electron chi connectivity index (χ4n) is 4.39. The smallest absolute Gasteiger partial charge is 0.244 e. The maximum absolute atomic E-state index is 13.7. The minimum atomic E-state index is -3.98. The summed E-state index contributed by atoms with van der Waals surface area (Å²) in [5.74, 6) is -1.72. The van der Waals surface area contributed by atoms with E-state index in [1.165, 1.54) is 11.0 Å². The molecule has 0 heterocycles. The third-order valence-corrected chi connectivity index (χ3v) is 8.49. The van der Waals surface area contributed by atoms with Crippen LogP contribution in [0.3, 0.4) is 0 Å². The number of nitrogens with one attached hydrogen (secondary N) is 1. The Morgan fingerprint density at radius 1 is 1.08 bits per heavy atom. The molecule has 0 unspecified atom stereocenters. The van der Waals surface area contributed by atoms with Gasteiger partial charge in [-0.05, 0) is 49.6 Å². The van der Waals surface area contributed by atoms with Crippen molar-refractivity contribution >= 4 is 62.3 Å². The van der Waals surface area contributed by atoms with E-state index in [-0.39, 0.29) is 35.6 Å². The molecule has 0 aromatic heterocycles. The number of anilines is 1. The Morgan fingerprint density at radius 3 is 2.24 bits per heavy atom. The Bertz CT molecular complexity index is 1240. The lowest BCUT2D eigenvalue weighted by Gasteiger charge is -2.33. The molecule has 3 rings (SSSR count). The van der Waals surface area contributed by atoms with Gasteiger partial charge in [0.05, 0.1) is 17.0 Å². The van der Waals surface area contributed by atoms with Crippen LogP contribution in [0, 0.1) is 5.82 Å². The topological polar surface area (TPSA) is 86.8 Å². The molecular weight excluding hydrogens is 564 g/mol. The van der Waals surface area contributed by atoms with Crippen LogP contribution in [0.15, 0.2) is 36.4 Å². The standard InChI is InChI=1S/C25H29Cl3FN3O4S/c1-3-23(25(34)30-16-7-4-5-8-16)31(14-18-19(26)9-6-10-20(18)27)24(33)15-32(37(2,35)36)17-11-12-22(29)21(28)13-17/h6,9-13,16,23H,3-5,7-8,14-15H2,1-2H3,(H,30,34)/t23-/m1/s1. The molecule has 2 amide bonds. The van der Waals surface area contributed by atoms with Gasteiger partial charge in [0, 0.05) is 28.2 Å². The first-order valence-corrected chi connectivity index (χ1v) is 14.9. The van der Waals surface area contributed by atoms with Gasteiger partial charge < -0.3 is 10.2 Å². The van der Waals surface area contributed by atoms with E-state index in [1.54, 1.807) is 25.1 Å². The van der Waals surface area contributed by atoms with Crippen molar-refractivity contribution in [3.63, 3.8) is 0 Å². The molecule has 1 N–H and O–H groups in total. The zero-order valence-corrected chi connectivity index (χ0v) is 23.6. The van der Waals surface area contributed by atoms with Gasteiger partial charge in [0.2, 0.25) is 21.8 Å². The Balaban J connectivity index is 1.98. The van der Waals surface area contributed by atoms with E-state index in [1.807, 2.05) is 0 Å². The van der Waals surface area contributed by atoms with Crippen LogP contribution in [-0.4, -0.2) is 50.0 Å². The van der Waals surface area contributed by atoms with Crippen molar-refractivity contribution in [3.8, 4) is 0 Å². The van der Waals surface area contributed by atoms with Crippen molar-refractivity contribution in [1.82, 2.24) is 10.2 Å². The third kappa shape index (κ3) is 7.50. The molecule has 0 spiro atoms. The van der Waals surface area contributed by atoms with E-state index in [4.69, 9.17) is 34.8 Å². The summed E-state index contributed by atoms with van der Waals surface area (Å²) in [5, 5.41) is 3.34. The Hall–Kier alpha value is -2.07. The van der Waals surface area contributed by atoms with Crippen LogP contribution in [0.5, 0.6) is 0 Å². The van der Waals surface area contributed by atoms with Crippen LogP contribution in [0.4, 0.5) is 10.1 Å². The summed E-state index contributed by atoms with van der Waals surface area (Å²) in [4.78, 5) is 28.3. The molecule has 0 saturated heterocycles. The molecular formula is C25H29Cl3FN3O4S. The number of amides is 2. The maximum Gasteiger partial charge on any atom is 0.244 e. The second-order valence-corrected chi connectivity index (χ2v) is 12.1. The predicted molar refractivity (Wildman–Crippen MR) is 145 cm³/mol. The molecule has 37 heavy (non-hydrogen) atoms. The number of nitrogens with zero attached hydrogens (tertiary/aromatic N) is 2. The van der Waals surface area contributed by atoms with Crippen molar-refractivity contribution in [3.05, 3.63) is 62.8 Å². The van der Waals surface area contributed by atoms with Gasteiger partial charge in [-0.15, -0.1) is 0 Å². The van der Waals surface area contributed by atoms with E-state index in [0.29, 0.717) is 15.6 Å². The molecule has 1 fully saturated rings. The Morgan fingerprint density at radius 2 is 1.70 bits per heavy atom. The number of hydrogen-bond acceptors (Lipinski definition) is 4. The van der Waals surface area contributed by atoms with Crippen LogP contribution in [0.2, 0.25) is 15.1 Å². The highest BCUT2D eigenvalue weighted by molar-refractivity contribution is 7.92. The quantitative estimate of drug-likeness (QED) is 0.399. The van der Waals surface area contributed by atoms with Gasteiger partial charge in [0.1, 0.15) is 18.4 Å². The molecule has 2 aromatic rings. The minimum Gasteiger partial charge on any atom is -0.352 e. The van der Waals surface area contributed by atoms with E-state index >= 15 is 0 Å². The fraction of sp³-hybridized carbons (Fsp3) is 0.440. The van der Waals surface area contributed by atoms with Gasteiger partial charge in [0.15, 0.2) is 0 Å². The average Bonchev–Trinajstić information content (AvgIpc) is 3.33. The lowest BCUT2D eigenvalue weighted by atomic mass is 10.1. The summed E-state index contributed by atoms with van der Waals surface area (Å²) >= 11 is 18.6. The number of benzene rings is 2. The summed E-state index contributed by atoms with van der Waals surface area (Å²) < 4.78 is 39.9. The highest BCUT2D eigenvalue weighted by Crippen LogP contribution is 2.29. The third-order valence-electron chi connectivity index (χ3n) is 6.35. The van der Waals surface area contributed by atoms with Gasteiger partial charge in [-0.1, -0.05) is 60.6 Å². The van der Waals surface area contributed by atoms with Crippen molar-refractivity contribution in [1.29, 1.82) is 0 Å². The highest BCUT2D eigenvalue weighted by atomic mass is 35.5. The van der Waals surface area contributed by atoms with Crippen LogP contribution in [0.1, 0.15) is 44.6 Å². The van der Waals surface area contributed by atoms with Crippen LogP contribution in [0.25, 0.3) is 0 Å². The van der Waals surface area contributed by atoms with Crippen molar-refractivity contribution in [2.75, 3.05) is 17.1 Å². The van der Waals surface area contributed by atoms with E-state index in [2.05, 4.69) is 5.32 Å². The number of halogens is 4. The molecule has 0 radical (unpaired) electrons. The molecule has 0 aliphatic heterocycles. The van der Waals surface area contributed by atoms with Crippen LogP contribution >= 0.6 is 34.8 Å². The first kappa shape index (κ1) is 29.5. The van der Waals surface area contributed by atoms with Gasteiger partial charge in [-0.3, -0.25) is 13.9 Å². The number of carbonyl (C=O) groups excluding carboxylic acids is 2. The van der Waals surface area contributed by atoms with Gasteiger partial charge in [-0.25, -0.2) is 12.8 Å². The zero-order chi connectivity index (χ0) is 27.3. The van der Waals surface area contributed by atoms with E-state index in [0.717, 1.165) is 48.4 Å². The summed E-state index contributed by atoms with van der Waals surface area (Å²) in [6.45, 7) is 1.01. The Kier molecular flexibility index (Phi) is 10.1. The zero-order valence-electron chi connectivity index (χ0n) is 20.5. The normalized spacial score (nSPS) is 14.9. The minimum absolute atomic E-state index is 0.0152. The van der Waals surface area contributed by atoms with Crippen molar-refractivity contribution < 1.29 is 22.4 Å². The van der Waals surface area contributed by atoms with Gasteiger partial charge in [0.25, 0.3) is 0 Å². The molecule has 0 bridgehead atoms. The van der Waals surface area contributed by atoms with Crippen molar-refractivity contribution in [2.45, 2.75) is 57.7 Å². The van der Waals surface area contributed by atoms with E-state index in [9.17, 15) is 22.4 Å². The first-order valence-electron chi connectivity index (χ1n) is 11.9. The predicted octanol–water partition coefficient (Wildman–Crippen LogP) is 5.42. The second-order valence-electron chi connectivity index (χ2n) is 9.00. The van der Waals surface area contributed by atoms with Gasteiger partial charge >= 0.3 is 0 Å². The fourth-order valence-corrected chi connectivity index (χ4v) is 5.93. The number of carbonyl (C=O) groups is 2. The molecule has 1 aliphatic carbocycles. The number of sulfonamides is 1.